The molecule has 2 heterocycles. The van der Waals surface area contributed by atoms with Crippen LogP contribution in [0.15, 0.2) is 60.9 Å². The summed E-state index contributed by atoms with van der Waals surface area (Å²) in [6.45, 7) is 2.75. The SMILES string of the molecule is CC1CCN(C(=O)Cc2cnn(-c3ccccc3)c2)c2c(O)cccc21. The Labute approximate surface area is 152 Å². The highest BCUT2D eigenvalue weighted by Gasteiger charge is 2.29. The standard InChI is InChI=1S/C21H21N3O2/c1-15-10-11-23(21-18(15)8-5-9-19(21)25)20(26)12-16-13-22-24(14-16)17-6-3-2-4-7-17/h2-9,13-15,25H,10-12H2,1H3. The Hall–Kier alpha value is -3.08. The van der Waals surface area contributed by atoms with E-state index in [0.29, 0.717) is 18.2 Å². The van der Waals surface area contributed by atoms with Crippen LogP contribution in [-0.2, 0) is 11.2 Å². The summed E-state index contributed by atoms with van der Waals surface area (Å²) in [5, 5.41) is 14.7. The number of amides is 1. The minimum Gasteiger partial charge on any atom is -0.506 e. The molecule has 1 amide bonds. The zero-order valence-corrected chi connectivity index (χ0v) is 14.7. The van der Waals surface area contributed by atoms with Crippen LogP contribution >= 0.6 is 0 Å². The maximum absolute atomic E-state index is 12.9. The average molecular weight is 347 g/mol. The Balaban J connectivity index is 1.57. The molecule has 1 unspecified atom stereocenters. The summed E-state index contributed by atoms with van der Waals surface area (Å²) in [7, 11) is 0. The van der Waals surface area contributed by atoms with Gasteiger partial charge in [-0.25, -0.2) is 4.68 Å². The van der Waals surface area contributed by atoms with Crippen LogP contribution in [0.4, 0.5) is 5.69 Å². The van der Waals surface area contributed by atoms with Crippen molar-refractivity contribution >= 4 is 11.6 Å². The molecule has 2 aromatic carbocycles. The van der Waals surface area contributed by atoms with E-state index in [0.717, 1.165) is 23.2 Å². The largest absolute Gasteiger partial charge is 0.506 e. The Bertz CT molecular complexity index is 933. The van der Waals surface area contributed by atoms with Crippen molar-refractivity contribution in [3.05, 3.63) is 72.1 Å². The van der Waals surface area contributed by atoms with Gasteiger partial charge in [-0.15, -0.1) is 0 Å². The third-order valence-corrected chi connectivity index (χ3v) is 4.95. The van der Waals surface area contributed by atoms with Crippen molar-refractivity contribution in [3.63, 3.8) is 0 Å². The van der Waals surface area contributed by atoms with E-state index in [4.69, 9.17) is 0 Å². The number of aromatic nitrogens is 2. The van der Waals surface area contributed by atoms with Gasteiger partial charge >= 0.3 is 0 Å². The number of carbonyl (C=O) groups excluding carboxylic acids is 1. The van der Waals surface area contributed by atoms with Gasteiger partial charge in [0.15, 0.2) is 0 Å². The van der Waals surface area contributed by atoms with Crippen LogP contribution < -0.4 is 4.90 Å². The van der Waals surface area contributed by atoms with Crippen molar-refractivity contribution in [1.82, 2.24) is 9.78 Å². The predicted octanol–water partition coefficient (Wildman–Crippen LogP) is 3.66. The van der Waals surface area contributed by atoms with Gasteiger partial charge in [-0.1, -0.05) is 37.3 Å². The molecule has 0 spiro atoms. The molecule has 1 aliphatic rings. The normalized spacial score (nSPS) is 16.3. The number of aromatic hydroxyl groups is 1. The lowest BCUT2D eigenvalue weighted by Gasteiger charge is -2.33. The molecule has 0 bridgehead atoms. The number of phenols is 1. The molecule has 3 aromatic rings. The van der Waals surface area contributed by atoms with Crippen LogP contribution in [0, 0.1) is 0 Å². The fourth-order valence-corrected chi connectivity index (χ4v) is 3.52. The molecule has 5 heteroatoms. The lowest BCUT2D eigenvalue weighted by Crippen LogP contribution is -2.37. The van der Waals surface area contributed by atoms with Crippen LogP contribution in [0.25, 0.3) is 5.69 Å². The molecule has 1 aliphatic heterocycles. The highest BCUT2D eigenvalue weighted by molar-refractivity contribution is 5.97. The van der Waals surface area contributed by atoms with Crippen LogP contribution in [0.3, 0.4) is 0 Å². The van der Waals surface area contributed by atoms with Crippen LogP contribution in [0.1, 0.15) is 30.4 Å². The molecule has 0 radical (unpaired) electrons. The van der Waals surface area contributed by atoms with Crippen LogP contribution in [-0.4, -0.2) is 27.3 Å². The molecule has 0 fully saturated rings. The number of fused-ring (bicyclic) bond motifs is 1. The first kappa shape index (κ1) is 16.4. The molecule has 0 saturated heterocycles. The Morgan fingerprint density at radius 2 is 2.00 bits per heavy atom. The first-order valence-corrected chi connectivity index (χ1v) is 8.84. The Morgan fingerprint density at radius 3 is 2.81 bits per heavy atom. The van der Waals surface area contributed by atoms with E-state index in [1.807, 2.05) is 48.7 Å². The minimum absolute atomic E-state index is 0.0211. The second-order valence-corrected chi connectivity index (χ2v) is 6.76. The number of hydrogen-bond acceptors (Lipinski definition) is 3. The predicted molar refractivity (Wildman–Crippen MR) is 101 cm³/mol. The third kappa shape index (κ3) is 2.96. The van der Waals surface area contributed by atoms with Crippen LogP contribution in [0.5, 0.6) is 5.75 Å². The fraction of sp³-hybridized carbons (Fsp3) is 0.238. The highest BCUT2D eigenvalue weighted by atomic mass is 16.3. The summed E-state index contributed by atoms with van der Waals surface area (Å²) < 4.78 is 1.77. The molecule has 1 atom stereocenters. The van der Waals surface area contributed by atoms with E-state index >= 15 is 0 Å². The number of rotatable bonds is 3. The molecular weight excluding hydrogens is 326 g/mol. The monoisotopic (exact) mass is 347 g/mol. The van der Waals surface area contributed by atoms with Crippen molar-refractivity contribution in [2.24, 2.45) is 0 Å². The number of phenolic OH excluding ortho intramolecular Hbond substituents is 1. The lowest BCUT2D eigenvalue weighted by atomic mass is 9.91. The molecule has 1 aromatic heterocycles. The van der Waals surface area contributed by atoms with Crippen molar-refractivity contribution in [3.8, 4) is 11.4 Å². The Kier molecular flexibility index (Phi) is 4.21. The van der Waals surface area contributed by atoms with E-state index in [2.05, 4.69) is 12.0 Å². The van der Waals surface area contributed by atoms with Gasteiger partial charge in [0.2, 0.25) is 5.91 Å². The molecule has 132 valence electrons. The molecule has 26 heavy (non-hydrogen) atoms. The summed E-state index contributed by atoms with van der Waals surface area (Å²) in [6, 6.07) is 15.3. The number of carbonyl (C=O) groups is 1. The quantitative estimate of drug-likeness (QED) is 0.786. The average Bonchev–Trinajstić information content (AvgIpc) is 3.12. The number of nitrogens with zero attached hydrogens (tertiary/aromatic N) is 3. The van der Waals surface area contributed by atoms with Crippen molar-refractivity contribution < 1.29 is 9.90 Å². The van der Waals surface area contributed by atoms with Gasteiger partial charge in [0.25, 0.3) is 0 Å². The number of para-hydroxylation sites is 2. The molecule has 0 saturated carbocycles. The zero-order valence-electron chi connectivity index (χ0n) is 14.7. The summed E-state index contributed by atoms with van der Waals surface area (Å²) in [6.07, 6.45) is 4.76. The molecule has 1 N–H and O–H groups in total. The second-order valence-electron chi connectivity index (χ2n) is 6.76. The molecule has 4 rings (SSSR count). The summed E-state index contributed by atoms with van der Waals surface area (Å²) in [5.41, 5.74) is 3.51. The van der Waals surface area contributed by atoms with Crippen molar-refractivity contribution in [2.75, 3.05) is 11.4 Å². The Morgan fingerprint density at radius 1 is 1.19 bits per heavy atom. The molecule has 0 aliphatic carbocycles. The van der Waals surface area contributed by atoms with Gasteiger partial charge in [0.05, 0.1) is 24.0 Å². The van der Waals surface area contributed by atoms with Crippen molar-refractivity contribution in [1.29, 1.82) is 0 Å². The lowest BCUT2D eigenvalue weighted by molar-refractivity contribution is -0.118. The third-order valence-electron chi connectivity index (χ3n) is 4.95. The van der Waals surface area contributed by atoms with Crippen LogP contribution in [0.2, 0.25) is 0 Å². The maximum Gasteiger partial charge on any atom is 0.231 e. The first-order valence-electron chi connectivity index (χ1n) is 8.84. The molecular formula is C21H21N3O2. The van der Waals surface area contributed by atoms with E-state index in [1.54, 1.807) is 21.8 Å². The molecule has 5 nitrogen and oxygen atoms in total. The topological polar surface area (TPSA) is 58.4 Å². The number of anilines is 1. The summed E-state index contributed by atoms with van der Waals surface area (Å²) in [5.74, 6) is 0.483. The summed E-state index contributed by atoms with van der Waals surface area (Å²) >= 11 is 0. The van der Waals surface area contributed by atoms with E-state index < -0.39 is 0 Å². The van der Waals surface area contributed by atoms with Gasteiger partial charge in [-0.2, -0.15) is 5.10 Å². The minimum atomic E-state index is -0.0211. The maximum atomic E-state index is 12.9. The van der Waals surface area contributed by atoms with Gasteiger partial charge in [0.1, 0.15) is 5.75 Å². The number of benzene rings is 2. The smallest absolute Gasteiger partial charge is 0.231 e. The van der Waals surface area contributed by atoms with Gasteiger partial charge in [-0.3, -0.25) is 4.79 Å². The highest BCUT2D eigenvalue weighted by Crippen LogP contribution is 2.41. The van der Waals surface area contributed by atoms with Gasteiger partial charge in [-0.05, 0) is 41.7 Å². The van der Waals surface area contributed by atoms with Gasteiger partial charge in [0, 0.05) is 12.7 Å². The first-order chi connectivity index (χ1) is 12.6. The number of hydrogen-bond donors (Lipinski definition) is 1. The van der Waals surface area contributed by atoms with E-state index in [9.17, 15) is 9.90 Å². The van der Waals surface area contributed by atoms with E-state index in [1.165, 1.54) is 0 Å². The zero-order chi connectivity index (χ0) is 18.1. The second kappa shape index (κ2) is 6.67. The van der Waals surface area contributed by atoms with Crippen molar-refractivity contribution in [2.45, 2.75) is 25.7 Å². The fourth-order valence-electron chi connectivity index (χ4n) is 3.52. The van der Waals surface area contributed by atoms with E-state index in [-0.39, 0.29) is 18.1 Å². The van der Waals surface area contributed by atoms with Gasteiger partial charge < -0.3 is 10.0 Å². The summed E-state index contributed by atoms with van der Waals surface area (Å²) in [4.78, 5) is 14.6.